The van der Waals surface area contributed by atoms with Gasteiger partial charge in [0.2, 0.25) is 0 Å². The number of hydrogen-bond acceptors (Lipinski definition) is 16. The minimum Gasteiger partial charge on any atom is -0.470 e. The molecule has 4 aliphatic rings. The summed E-state index contributed by atoms with van der Waals surface area (Å²) in [6.07, 6.45) is 2.88. The minimum atomic E-state index is -0.352. The number of aromatic nitrogens is 14. The highest BCUT2D eigenvalue weighted by atomic mass is 16.5. The normalized spacial score (nSPS) is 18.7. The average molecular weight is 709 g/mol. The van der Waals surface area contributed by atoms with Crippen molar-refractivity contribution in [3.8, 4) is 11.5 Å². The molecule has 2 fully saturated rings. The van der Waals surface area contributed by atoms with E-state index in [-0.39, 0.29) is 48.5 Å². The van der Waals surface area contributed by atoms with Crippen LogP contribution in [0.15, 0.2) is 33.9 Å². The first kappa shape index (κ1) is 31.3. The van der Waals surface area contributed by atoms with Gasteiger partial charge in [0.1, 0.15) is 35.6 Å². The van der Waals surface area contributed by atoms with Gasteiger partial charge in [0.25, 0.3) is 22.9 Å². The molecule has 0 N–H and O–H groups in total. The molecule has 22 nitrogen and oxygen atoms in total. The second kappa shape index (κ2) is 11.9. The van der Waals surface area contributed by atoms with Gasteiger partial charge < -0.3 is 19.3 Å². The van der Waals surface area contributed by atoms with Crippen molar-refractivity contribution in [1.29, 1.82) is 0 Å². The van der Waals surface area contributed by atoms with Crippen LogP contribution in [0, 0.1) is 0 Å². The molecule has 2 saturated heterocycles. The number of benzene rings is 2. The number of aryl methyl sites for hydroxylation is 2. The molecule has 0 spiro atoms. The van der Waals surface area contributed by atoms with Gasteiger partial charge in [-0.25, -0.2) is 14.0 Å². The zero-order valence-corrected chi connectivity index (χ0v) is 27.7. The molecule has 2 aromatic carbocycles. The molecule has 0 bridgehead atoms. The maximum absolute atomic E-state index is 12.8. The number of fused-ring (bicyclic) bond motifs is 6. The van der Waals surface area contributed by atoms with Crippen LogP contribution in [0.2, 0.25) is 0 Å². The first-order valence-electron chi connectivity index (χ1n) is 16.4. The number of nitrogens with zero attached hydrogens (tertiary/aromatic N) is 16. The van der Waals surface area contributed by atoms with E-state index in [2.05, 4.69) is 51.6 Å². The van der Waals surface area contributed by atoms with E-state index in [1.165, 1.54) is 14.2 Å². The van der Waals surface area contributed by atoms with Crippen LogP contribution >= 0.6 is 0 Å². The quantitative estimate of drug-likeness (QED) is 0.205. The van der Waals surface area contributed by atoms with Crippen molar-refractivity contribution in [2.45, 2.75) is 51.2 Å². The Bertz CT molecular complexity index is 2560. The zero-order valence-electron chi connectivity index (χ0n) is 27.7. The molecule has 8 heterocycles. The van der Waals surface area contributed by atoms with Gasteiger partial charge >= 0.3 is 0 Å². The molecule has 2 atom stereocenters. The van der Waals surface area contributed by atoms with E-state index in [1.54, 1.807) is 48.2 Å². The number of hydrogen-bond donors (Lipinski definition) is 0. The molecule has 52 heavy (non-hydrogen) atoms. The summed E-state index contributed by atoms with van der Waals surface area (Å²) in [7, 11) is 3.32. The second-order valence-electron chi connectivity index (χ2n) is 12.7. The smallest absolute Gasteiger partial charge is 0.278 e. The van der Waals surface area contributed by atoms with Gasteiger partial charge in [0.05, 0.1) is 28.9 Å². The highest BCUT2D eigenvalue weighted by Crippen LogP contribution is 2.35. The maximum Gasteiger partial charge on any atom is 0.278 e. The molecule has 2 amide bonds. The number of ether oxygens (including phenoxy) is 2. The lowest BCUT2D eigenvalue weighted by Gasteiger charge is -2.31. The zero-order chi connectivity index (χ0) is 35.7. The predicted molar refractivity (Wildman–Crippen MR) is 173 cm³/mol. The van der Waals surface area contributed by atoms with Crippen molar-refractivity contribution in [2.24, 2.45) is 14.1 Å². The Labute approximate surface area is 290 Å². The Kier molecular flexibility index (Phi) is 7.18. The molecule has 6 aromatic rings. The van der Waals surface area contributed by atoms with E-state index in [0.717, 1.165) is 30.4 Å². The second-order valence-corrected chi connectivity index (χ2v) is 12.7. The van der Waals surface area contributed by atoms with Crippen LogP contribution in [0.4, 0.5) is 0 Å². The first-order chi connectivity index (χ1) is 25.2. The SMILES string of the molecule is Cn1nnc(Cn2nnc3cc4c(cc3c2=O)OC2CCCN2C4=O)n1.Cn1nnnc1Cn1nnc2cc3c(cc2c1=O)OC1CCCN1C3=O. The van der Waals surface area contributed by atoms with Crippen molar-refractivity contribution < 1.29 is 19.1 Å². The summed E-state index contributed by atoms with van der Waals surface area (Å²) in [5.41, 5.74) is 0.848. The molecule has 264 valence electrons. The van der Waals surface area contributed by atoms with Gasteiger partial charge in [-0.05, 0) is 52.7 Å². The highest BCUT2D eigenvalue weighted by Gasteiger charge is 2.39. The van der Waals surface area contributed by atoms with E-state index in [0.29, 0.717) is 69.2 Å². The Morgan fingerprint density at radius 3 is 1.73 bits per heavy atom. The summed E-state index contributed by atoms with van der Waals surface area (Å²) < 4.78 is 15.7. The molecule has 0 radical (unpaired) electrons. The molecule has 22 heteroatoms. The lowest BCUT2D eigenvalue weighted by molar-refractivity contribution is 0.0287. The van der Waals surface area contributed by atoms with Crippen molar-refractivity contribution in [3.63, 3.8) is 0 Å². The highest BCUT2D eigenvalue weighted by molar-refractivity contribution is 6.02. The summed E-state index contributed by atoms with van der Waals surface area (Å²) >= 11 is 0. The van der Waals surface area contributed by atoms with Crippen LogP contribution in [-0.4, -0.2) is 118 Å². The fourth-order valence-electron chi connectivity index (χ4n) is 6.77. The number of carbonyl (C=O) groups excluding carboxylic acids is 2. The molecule has 0 saturated carbocycles. The van der Waals surface area contributed by atoms with Crippen LogP contribution in [0.5, 0.6) is 11.5 Å². The van der Waals surface area contributed by atoms with Crippen LogP contribution in [-0.2, 0) is 27.2 Å². The third-order valence-corrected chi connectivity index (χ3v) is 9.39. The Morgan fingerprint density at radius 1 is 0.673 bits per heavy atom. The number of rotatable bonds is 4. The van der Waals surface area contributed by atoms with Gasteiger partial charge in [-0.2, -0.15) is 4.80 Å². The van der Waals surface area contributed by atoms with Crippen LogP contribution in [0.25, 0.3) is 21.8 Å². The lowest BCUT2D eigenvalue weighted by atomic mass is 10.1. The fourth-order valence-corrected chi connectivity index (χ4v) is 6.77. The Hall–Kier alpha value is -6.74. The Morgan fingerprint density at radius 2 is 1.23 bits per heavy atom. The van der Waals surface area contributed by atoms with Crippen LogP contribution < -0.4 is 20.6 Å². The van der Waals surface area contributed by atoms with Crippen molar-refractivity contribution in [1.82, 2.24) is 80.2 Å². The molecule has 4 aliphatic heterocycles. The Balaban J connectivity index is 0.000000138. The van der Waals surface area contributed by atoms with E-state index in [1.807, 2.05) is 0 Å². The van der Waals surface area contributed by atoms with Crippen LogP contribution in [0.1, 0.15) is 58.0 Å². The van der Waals surface area contributed by atoms with Crippen molar-refractivity contribution >= 4 is 33.6 Å². The molecule has 10 rings (SSSR count). The van der Waals surface area contributed by atoms with E-state index < -0.39 is 0 Å². The van der Waals surface area contributed by atoms with Crippen molar-refractivity contribution in [3.05, 3.63) is 67.7 Å². The number of tetrazole rings is 2. The van der Waals surface area contributed by atoms with E-state index in [4.69, 9.17) is 9.47 Å². The van der Waals surface area contributed by atoms with E-state index in [9.17, 15) is 19.2 Å². The maximum atomic E-state index is 12.8. The standard InChI is InChI=1S/2C15H14N8O3/c1-21-12(17-18-20-21)7-23-15(25)8-6-11-9(5-10(8)16-19-23)14(24)22-4-2-3-13(22)26-11;1-21-18-12(17-19-21)7-23-15(25)8-6-11-9(5-10(8)16-20-23)14(24)22-4-2-3-13(22)26-11/h2*5-6,13H,2-4,7H2,1H3. The largest absolute Gasteiger partial charge is 0.470 e. The first-order valence-corrected chi connectivity index (χ1v) is 16.4. The van der Waals surface area contributed by atoms with Crippen LogP contribution in [0.3, 0.4) is 0 Å². The summed E-state index contributed by atoms with van der Waals surface area (Å²) in [5, 5.41) is 39.4. The van der Waals surface area contributed by atoms with E-state index >= 15 is 0 Å². The summed E-state index contributed by atoms with van der Waals surface area (Å²) in [6.45, 7) is 1.51. The predicted octanol–water partition coefficient (Wildman–Crippen LogP) is -1.36. The van der Waals surface area contributed by atoms with Gasteiger partial charge in [-0.3, -0.25) is 19.2 Å². The van der Waals surface area contributed by atoms with Gasteiger partial charge in [-0.1, -0.05) is 10.4 Å². The monoisotopic (exact) mass is 708 g/mol. The summed E-state index contributed by atoms with van der Waals surface area (Å²) in [6, 6.07) is 6.31. The minimum absolute atomic E-state index is 0.0584. The molecule has 4 aromatic heterocycles. The lowest BCUT2D eigenvalue weighted by Crippen LogP contribution is -2.43. The average Bonchev–Trinajstić information content (AvgIpc) is 3.97. The third-order valence-electron chi connectivity index (χ3n) is 9.39. The summed E-state index contributed by atoms with van der Waals surface area (Å²) in [5.74, 6) is 1.49. The van der Waals surface area contributed by atoms with Gasteiger partial charge in [0, 0.05) is 33.0 Å². The molecular formula is C30H28N16O6. The van der Waals surface area contributed by atoms with Crippen molar-refractivity contribution in [2.75, 3.05) is 13.1 Å². The molecule has 2 unspecified atom stereocenters. The molecule has 0 aliphatic carbocycles. The topological polar surface area (TPSA) is 242 Å². The third kappa shape index (κ3) is 5.17. The fraction of sp³-hybridized carbons (Fsp3) is 0.400. The summed E-state index contributed by atoms with van der Waals surface area (Å²) in [4.78, 5) is 55.5. The van der Waals surface area contributed by atoms with Gasteiger partial charge in [-0.15, -0.1) is 25.5 Å². The number of amides is 2. The molecular weight excluding hydrogens is 680 g/mol. The van der Waals surface area contributed by atoms with Gasteiger partial charge in [0.15, 0.2) is 24.1 Å². The number of carbonyl (C=O) groups is 2.